The van der Waals surface area contributed by atoms with Crippen LogP contribution in [0, 0.1) is 29.6 Å². The Morgan fingerprint density at radius 1 is 1.17 bits per heavy atom. The Bertz CT molecular complexity index is 981. The standard InChI is InChI=1S/C28H39FN2O4/c1-18(2)14-22-15-25(20-8-10-21(29)11-9-20)31(27(30-22)19(3)4)13-12-23(32)16-24(33)17-26(34)35-28(5,6)7/h8-11,15,18-19,23-25,32-33H,14,16-17H2,1-7H3/t23-,24-,25?/m1/s1. The first-order valence-electron chi connectivity index (χ1n) is 12.2. The number of rotatable bonds is 8. The van der Waals surface area contributed by atoms with E-state index in [-0.39, 0.29) is 30.6 Å². The molecule has 0 fully saturated rings. The summed E-state index contributed by atoms with van der Waals surface area (Å²) in [7, 11) is 0. The highest BCUT2D eigenvalue weighted by Gasteiger charge is 2.28. The van der Waals surface area contributed by atoms with Crippen LogP contribution < -0.4 is 0 Å². The van der Waals surface area contributed by atoms with Crippen LogP contribution in [0.1, 0.15) is 79.3 Å². The number of nitrogens with zero attached hydrogens (tertiary/aromatic N) is 2. The SMILES string of the molecule is CC(C)CC1=CC(c2ccc(F)cc2)N(C#C[C@@H](O)C[C@@H](O)CC(=O)OC(C)(C)C)C(C(C)C)=N1. The molecule has 1 aliphatic rings. The highest BCUT2D eigenvalue weighted by atomic mass is 19.1. The summed E-state index contributed by atoms with van der Waals surface area (Å²) in [5.74, 6) is 3.16. The maximum Gasteiger partial charge on any atom is 0.308 e. The molecule has 2 N–H and O–H groups in total. The number of carbonyl (C=O) groups is 1. The summed E-state index contributed by atoms with van der Waals surface area (Å²) >= 11 is 0. The first-order valence-corrected chi connectivity index (χ1v) is 12.2. The maximum atomic E-state index is 13.6. The summed E-state index contributed by atoms with van der Waals surface area (Å²) in [5.41, 5.74) is 1.16. The molecule has 0 amide bonds. The third-order valence-corrected chi connectivity index (χ3v) is 5.15. The van der Waals surface area contributed by atoms with Crippen LogP contribution in [-0.4, -0.2) is 44.7 Å². The Kier molecular flexibility index (Phi) is 10.1. The first kappa shape index (κ1) is 28.5. The van der Waals surface area contributed by atoms with Crippen LogP contribution in [0.3, 0.4) is 0 Å². The summed E-state index contributed by atoms with van der Waals surface area (Å²) in [4.78, 5) is 18.6. The summed E-state index contributed by atoms with van der Waals surface area (Å²) in [6.45, 7) is 13.6. The zero-order chi connectivity index (χ0) is 26.3. The number of aliphatic imine (C=N–C) groups is 1. The van der Waals surface area contributed by atoms with Crippen molar-refractivity contribution < 1.29 is 24.1 Å². The van der Waals surface area contributed by atoms with Crippen molar-refractivity contribution in [2.75, 3.05) is 0 Å². The quantitative estimate of drug-likeness (QED) is 0.400. The molecule has 7 heteroatoms. The van der Waals surface area contributed by atoms with E-state index in [2.05, 4.69) is 25.8 Å². The summed E-state index contributed by atoms with van der Waals surface area (Å²) in [6.07, 6.45) is 0.267. The average Bonchev–Trinajstić information content (AvgIpc) is 2.70. The molecule has 0 saturated carbocycles. The third-order valence-electron chi connectivity index (χ3n) is 5.15. The van der Waals surface area contributed by atoms with Crippen molar-refractivity contribution >= 4 is 11.8 Å². The monoisotopic (exact) mass is 486 g/mol. The lowest BCUT2D eigenvalue weighted by Gasteiger charge is -2.34. The number of amidine groups is 1. The Balaban J connectivity index is 2.26. The molecule has 0 spiro atoms. The molecular weight excluding hydrogens is 447 g/mol. The van der Waals surface area contributed by atoms with Gasteiger partial charge in [-0.25, -0.2) is 9.38 Å². The van der Waals surface area contributed by atoms with E-state index in [1.165, 1.54) is 12.1 Å². The molecule has 1 heterocycles. The van der Waals surface area contributed by atoms with E-state index < -0.39 is 23.8 Å². The summed E-state index contributed by atoms with van der Waals surface area (Å²) in [5, 5.41) is 20.7. The number of aliphatic hydroxyl groups excluding tert-OH is 2. The number of carbonyl (C=O) groups excluding carboxylic acids is 1. The van der Waals surface area contributed by atoms with Crippen LogP contribution in [0.5, 0.6) is 0 Å². The van der Waals surface area contributed by atoms with Gasteiger partial charge in [0.05, 0.1) is 18.6 Å². The molecule has 0 saturated heterocycles. The van der Waals surface area contributed by atoms with Crippen LogP contribution >= 0.6 is 0 Å². The molecule has 0 radical (unpaired) electrons. The van der Waals surface area contributed by atoms with Gasteiger partial charge in [-0.2, -0.15) is 0 Å². The molecule has 192 valence electrons. The second-order valence-corrected chi connectivity index (χ2v) is 10.7. The van der Waals surface area contributed by atoms with Crippen LogP contribution in [-0.2, 0) is 9.53 Å². The molecule has 1 aromatic carbocycles. The number of benzene rings is 1. The van der Waals surface area contributed by atoms with E-state index >= 15 is 0 Å². The van der Waals surface area contributed by atoms with Crippen molar-refractivity contribution in [2.45, 2.75) is 91.6 Å². The highest BCUT2D eigenvalue weighted by molar-refractivity contribution is 5.88. The predicted octanol–water partition coefficient (Wildman–Crippen LogP) is 4.97. The van der Waals surface area contributed by atoms with Crippen LogP contribution in [0.25, 0.3) is 0 Å². The highest BCUT2D eigenvalue weighted by Crippen LogP contribution is 2.32. The van der Waals surface area contributed by atoms with Crippen molar-refractivity contribution in [3.8, 4) is 12.0 Å². The van der Waals surface area contributed by atoms with Crippen molar-refractivity contribution in [3.63, 3.8) is 0 Å². The minimum Gasteiger partial charge on any atom is -0.460 e. The lowest BCUT2D eigenvalue weighted by Crippen LogP contribution is -2.36. The van der Waals surface area contributed by atoms with Crippen molar-refractivity contribution in [1.29, 1.82) is 0 Å². The van der Waals surface area contributed by atoms with Crippen molar-refractivity contribution in [3.05, 3.63) is 47.4 Å². The first-order chi connectivity index (χ1) is 16.2. The number of ether oxygens (including phenoxy) is 1. The molecule has 0 bridgehead atoms. The van der Waals surface area contributed by atoms with Gasteiger partial charge in [0.15, 0.2) is 0 Å². The van der Waals surface area contributed by atoms with E-state index in [0.717, 1.165) is 23.5 Å². The van der Waals surface area contributed by atoms with E-state index in [0.29, 0.717) is 5.92 Å². The molecule has 1 aliphatic heterocycles. The van der Waals surface area contributed by atoms with Gasteiger partial charge in [-0.3, -0.25) is 9.69 Å². The normalized spacial score (nSPS) is 17.9. The van der Waals surface area contributed by atoms with Crippen LogP contribution in [0.4, 0.5) is 4.39 Å². The van der Waals surface area contributed by atoms with Gasteiger partial charge in [-0.05, 0) is 62.8 Å². The van der Waals surface area contributed by atoms with Gasteiger partial charge in [0.25, 0.3) is 0 Å². The Labute approximate surface area is 208 Å². The van der Waals surface area contributed by atoms with Gasteiger partial charge >= 0.3 is 5.97 Å². The number of hydrogen-bond donors (Lipinski definition) is 2. The minimum atomic E-state index is -1.16. The zero-order valence-electron chi connectivity index (χ0n) is 21.9. The van der Waals surface area contributed by atoms with Crippen molar-refractivity contribution in [1.82, 2.24) is 4.90 Å². The average molecular weight is 487 g/mol. The lowest BCUT2D eigenvalue weighted by molar-refractivity contribution is -0.157. The third kappa shape index (κ3) is 9.46. The van der Waals surface area contributed by atoms with Gasteiger partial charge in [-0.15, -0.1) is 0 Å². The number of allylic oxidation sites excluding steroid dienone is 1. The molecule has 6 nitrogen and oxygen atoms in total. The van der Waals surface area contributed by atoms with Gasteiger partial charge in [0.1, 0.15) is 23.4 Å². The second kappa shape index (κ2) is 12.3. The fraction of sp³-hybridized carbons (Fsp3) is 0.571. The minimum absolute atomic E-state index is 0.0537. The molecule has 1 unspecified atom stereocenters. The van der Waals surface area contributed by atoms with E-state index in [1.807, 2.05) is 19.9 Å². The zero-order valence-corrected chi connectivity index (χ0v) is 21.9. The van der Waals surface area contributed by atoms with Gasteiger partial charge in [-0.1, -0.05) is 39.8 Å². The second-order valence-electron chi connectivity index (χ2n) is 10.7. The molecule has 0 aliphatic carbocycles. The molecule has 1 aromatic rings. The Hall–Kier alpha value is -2.69. The number of halogens is 1. The van der Waals surface area contributed by atoms with Gasteiger partial charge in [0, 0.05) is 24.1 Å². The largest absolute Gasteiger partial charge is 0.460 e. The van der Waals surface area contributed by atoms with E-state index in [9.17, 15) is 19.4 Å². The van der Waals surface area contributed by atoms with Crippen molar-refractivity contribution in [2.24, 2.45) is 16.8 Å². The smallest absolute Gasteiger partial charge is 0.308 e. The lowest BCUT2D eigenvalue weighted by atomic mass is 9.97. The number of esters is 1. The number of aliphatic hydroxyl groups is 2. The van der Waals surface area contributed by atoms with Crippen LogP contribution in [0.2, 0.25) is 0 Å². The molecule has 3 atom stereocenters. The molecule has 0 aromatic heterocycles. The number of hydrogen-bond acceptors (Lipinski definition) is 6. The summed E-state index contributed by atoms with van der Waals surface area (Å²) < 4.78 is 18.8. The van der Waals surface area contributed by atoms with Gasteiger partial charge in [0.2, 0.25) is 0 Å². The molecule has 2 rings (SSSR count). The Morgan fingerprint density at radius 2 is 1.80 bits per heavy atom. The van der Waals surface area contributed by atoms with E-state index in [1.54, 1.807) is 37.8 Å². The van der Waals surface area contributed by atoms with E-state index in [4.69, 9.17) is 9.73 Å². The fourth-order valence-electron chi connectivity index (χ4n) is 3.73. The Morgan fingerprint density at radius 3 is 2.34 bits per heavy atom. The molecule has 35 heavy (non-hydrogen) atoms. The van der Waals surface area contributed by atoms with Crippen LogP contribution in [0.15, 0.2) is 41.0 Å². The molecular formula is C28H39FN2O4. The predicted molar refractivity (Wildman–Crippen MR) is 136 cm³/mol. The van der Waals surface area contributed by atoms with Gasteiger partial charge < -0.3 is 14.9 Å². The summed E-state index contributed by atoms with van der Waals surface area (Å²) in [6, 6.07) is 9.01. The fourth-order valence-corrected chi connectivity index (χ4v) is 3.73. The maximum absolute atomic E-state index is 13.6. The topological polar surface area (TPSA) is 82.4 Å².